The van der Waals surface area contributed by atoms with E-state index >= 15 is 0 Å². The van der Waals surface area contributed by atoms with Crippen LogP contribution in [-0.2, 0) is 0 Å². The zero-order chi connectivity index (χ0) is 9.84. The Morgan fingerprint density at radius 2 is 2.23 bits per heavy atom. The second kappa shape index (κ2) is 4.30. The van der Waals surface area contributed by atoms with E-state index in [4.69, 9.17) is 9.84 Å². The van der Waals surface area contributed by atoms with E-state index in [1.54, 1.807) is 25.3 Å². The Morgan fingerprint density at radius 3 is 2.69 bits per heavy atom. The minimum atomic E-state index is -0.891. The topological polar surface area (TPSA) is 46.5 Å². The van der Waals surface area contributed by atoms with Gasteiger partial charge in [0.1, 0.15) is 0 Å². The van der Waals surface area contributed by atoms with E-state index in [1.165, 1.54) is 0 Å². The van der Waals surface area contributed by atoms with Crippen molar-refractivity contribution in [2.75, 3.05) is 7.11 Å². The van der Waals surface area contributed by atoms with Crippen molar-refractivity contribution in [2.24, 2.45) is 0 Å². The Balaban J connectivity index is 3.27. The van der Waals surface area contributed by atoms with E-state index in [1.807, 2.05) is 5.82 Å². The van der Waals surface area contributed by atoms with Crippen LogP contribution in [0.3, 0.4) is 0 Å². The summed E-state index contributed by atoms with van der Waals surface area (Å²) in [5, 5.41) is 8.87. The monoisotopic (exact) mass is 246 g/mol. The summed E-state index contributed by atoms with van der Waals surface area (Å²) in [6.45, 7) is 0. The van der Waals surface area contributed by atoms with Crippen molar-refractivity contribution in [3.05, 3.63) is 23.8 Å². The van der Waals surface area contributed by atoms with Crippen molar-refractivity contribution in [1.29, 1.82) is 0 Å². The first-order valence-electron chi connectivity index (χ1n) is 3.65. The number of ether oxygens (including phenoxy) is 1. The SMILES string of the molecule is COc1cccc(C(=O)O)c1[Se]C. The number of hydrogen-bond donors (Lipinski definition) is 1. The zero-order valence-electron chi connectivity index (χ0n) is 7.40. The molecule has 0 heterocycles. The predicted octanol–water partition coefficient (Wildman–Crippen LogP) is 0.771. The first-order chi connectivity index (χ1) is 6.20. The van der Waals surface area contributed by atoms with Gasteiger partial charge in [-0.25, -0.2) is 0 Å². The van der Waals surface area contributed by atoms with Gasteiger partial charge in [-0.2, -0.15) is 0 Å². The molecule has 0 saturated carbocycles. The van der Waals surface area contributed by atoms with Gasteiger partial charge in [0, 0.05) is 0 Å². The van der Waals surface area contributed by atoms with Crippen molar-refractivity contribution in [3.8, 4) is 5.75 Å². The van der Waals surface area contributed by atoms with Gasteiger partial charge in [-0.1, -0.05) is 0 Å². The minimum absolute atomic E-state index is 0.125. The third kappa shape index (κ3) is 2.02. The standard InChI is InChI=1S/C9H10O3Se/c1-12-7-5-3-4-6(9(10)11)8(7)13-2/h3-5H,1-2H3,(H,10,11). The molecule has 0 saturated heterocycles. The van der Waals surface area contributed by atoms with Crippen LogP contribution in [0, 0.1) is 0 Å². The Kier molecular flexibility index (Phi) is 3.34. The van der Waals surface area contributed by atoms with Crippen LogP contribution >= 0.6 is 0 Å². The van der Waals surface area contributed by atoms with Gasteiger partial charge in [-0.3, -0.25) is 0 Å². The van der Waals surface area contributed by atoms with Gasteiger partial charge in [0.15, 0.2) is 0 Å². The molecule has 0 unspecified atom stereocenters. The van der Waals surface area contributed by atoms with Crippen molar-refractivity contribution in [1.82, 2.24) is 0 Å². The second-order valence-corrected chi connectivity index (χ2v) is 4.06. The molecule has 0 atom stereocenters. The Hall–Kier alpha value is -0.991. The van der Waals surface area contributed by atoms with E-state index in [-0.39, 0.29) is 15.0 Å². The summed E-state index contributed by atoms with van der Waals surface area (Å²) in [6, 6.07) is 5.08. The maximum atomic E-state index is 10.8. The zero-order valence-corrected chi connectivity index (χ0v) is 9.12. The Bertz CT molecular complexity index is 323. The summed E-state index contributed by atoms with van der Waals surface area (Å²) in [6.07, 6.45) is 0. The molecule has 13 heavy (non-hydrogen) atoms. The van der Waals surface area contributed by atoms with E-state index in [9.17, 15) is 4.79 Å². The number of rotatable bonds is 3. The Labute approximate surface area is 82.9 Å². The first kappa shape index (κ1) is 10.1. The number of carbonyl (C=O) groups is 1. The van der Waals surface area contributed by atoms with E-state index < -0.39 is 5.97 Å². The summed E-state index contributed by atoms with van der Waals surface area (Å²) >= 11 is 0.125. The number of carboxylic acid groups (broad SMARTS) is 1. The predicted molar refractivity (Wildman–Crippen MR) is 51.2 cm³/mol. The summed E-state index contributed by atoms with van der Waals surface area (Å²) in [5.41, 5.74) is 0.349. The van der Waals surface area contributed by atoms with Gasteiger partial charge < -0.3 is 0 Å². The number of hydrogen-bond acceptors (Lipinski definition) is 2. The summed E-state index contributed by atoms with van der Waals surface area (Å²) in [7, 11) is 1.55. The fraction of sp³-hybridized carbons (Fsp3) is 0.222. The van der Waals surface area contributed by atoms with Crippen LogP contribution in [0.25, 0.3) is 0 Å². The maximum absolute atomic E-state index is 10.8. The molecule has 0 fully saturated rings. The molecule has 0 amide bonds. The molecule has 1 aromatic carbocycles. The van der Waals surface area contributed by atoms with Crippen molar-refractivity contribution in [3.63, 3.8) is 0 Å². The molecule has 70 valence electrons. The molecule has 1 rings (SSSR count). The normalized spacial score (nSPS) is 9.69. The molecule has 0 bridgehead atoms. The molecule has 0 aliphatic heterocycles. The van der Waals surface area contributed by atoms with Gasteiger partial charge in [0.25, 0.3) is 0 Å². The number of aromatic carboxylic acids is 1. The van der Waals surface area contributed by atoms with Crippen LogP contribution in [-0.4, -0.2) is 33.1 Å². The van der Waals surface area contributed by atoms with Crippen molar-refractivity contribution < 1.29 is 14.6 Å². The van der Waals surface area contributed by atoms with E-state index in [2.05, 4.69) is 0 Å². The van der Waals surface area contributed by atoms with E-state index in [0.29, 0.717) is 11.3 Å². The second-order valence-electron chi connectivity index (χ2n) is 2.35. The quantitative estimate of drug-likeness (QED) is 0.800. The summed E-state index contributed by atoms with van der Waals surface area (Å²) < 4.78 is 5.89. The first-order valence-corrected chi connectivity index (χ1v) is 6.22. The average molecular weight is 245 g/mol. The van der Waals surface area contributed by atoms with Crippen molar-refractivity contribution in [2.45, 2.75) is 5.82 Å². The third-order valence-corrected chi connectivity index (χ3v) is 3.37. The van der Waals surface area contributed by atoms with Crippen LogP contribution in [0.15, 0.2) is 18.2 Å². The van der Waals surface area contributed by atoms with Gasteiger partial charge in [0.05, 0.1) is 0 Å². The fourth-order valence-electron chi connectivity index (χ4n) is 1.06. The van der Waals surface area contributed by atoms with Crippen LogP contribution in [0.4, 0.5) is 0 Å². The number of benzene rings is 1. The molecule has 1 aromatic rings. The molecule has 0 aromatic heterocycles. The average Bonchev–Trinajstić information content (AvgIpc) is 2.16. The van der Waals surface area contributed by atoms with E-state index in [0.717, 1.165) is 4.46 Å². The van der Waals surface area contributed by atoms with Crippen LogP contribution in [0.5, 0.6) is 5.75 Å². The molecule has 0 aliphatic rings. The molecule has 0 aliphatic carbocycles. The van der Waals surface area contributed by atoms with Crippen molar-refractivity contribution >= 4 is 25.4 Å². The van der Waals surface area contributed by atoms with Crippen LogP contribution in [0.1, 0.15) is 10.4 Å². The van der Waals surface area contributed by atoms with Crippen LogP contribution < -0.4 is 9.20 Å². The summed E-state index contributed by atoms with van der Waals surface area (Å²) in [5.74, 6) is 1.75. The van der Waals surface area contributed by atoms with Crippen LogP contribution in [0.2, 0.25) is 5.82 Å². The molecule has 0 spiro atoms. The Morgan fingerprint density at radius 1 is 1.54 bits per heavy atom. The molecular formula is C9H10O3Se. The molecule has 1 N–H and O–H groups in total. The molecule has 4 heteroatoms. The van der Waals surface area contributed by atoms with Gasteiger partial charge >= 0.3 is 82.5 Å². The van der Waals surface area contributed by atoms with Gasteiger partial charge in [-0.05, 0) is 0 Å². The molecule has 0 radical (unpaired) electrons. The van der Waals surface area contributed by atoms with Gasteiger partial charge in [0.2, 0.25) is 0 Å². The fourth-order valence-corrected chi connectivity index (χ4v) is 2.58. The number of methoxy groups -OCH3 is 1. The number of carboxylic acids is 1. The molecule has 3 nitrogen and oxygen atoms in total. The molecular weight excluding hydrogens is 235 g/mol. The van der Waals surface area contributed by atoms with Gasteiger partial charge in [-0.15, -0.1) is 0 Å². The summed E-state index contributed by atoms with van der Waals surface area (Å²) in [4.78, 5) is 10.8. The third-order valence-electron chi connectivity index (χ3n) is 1.63.